The number of halogens is 1. The number of rotatable bonds is 9. The van der Waals surface area contributed by atoms with Crippen molar-refractivity contribution in [2.45, 2.75) is 63.6 Å². The fraction of sp³-hybridized carbons (Fsp3) is 0.565. The van der Waals surface area contributed by atoms with E-state index < -0.39 is 11.9 Å². The number of anilines is 4. The first-order chi connectivity index (χ1) is 16.6. The minimum Gasteiger partial charge on any atom is -0.494 e. The van der Waals surface area contributed by atoms with Gasteiger partial charge in [-0.1, -0.05) is 6.92 Å². The normalized spacial score (nSPS) is 21.3. The summed E-state index contributed by atoms with van der Waals surface area (Å²) in [6.45, 7) is 3.79. The van der Waals surface area contributed by atoms with Gasteiger partial charge < -0.3 is 31.3 Å². The van der Waals surface area contributed by atoms with E-state index in [2.05, 4.69) is 48.5 Å². The SMILES string of the molecule is CCC(Nc1nc(Nc2ccc(OC)c(F)c2)nc(NC2CCCCNC2=O)n1)C1CCCN1. The third-order valence-corrected chi connectivity index (χ3v) is 6.22. The fourth-order valence-electron chi connectivity index (χ4n) is 4.38. The number of nitrogens with one attached hydrogen (secondary N) is 5. The highest BCUT2D eigenvalue weighted by molar-refractivity contribution is 5.84. The van der Waals surface area contributed by atoms with Gasteiger partial charge in [0, 0.05) is 30.4 Å². The lowest BCUT2D eigenvalue weighted by Crippen LogP contribution is -2.40. The molecule has 0 bridgehead atoms. The zero-order chi connectivity index (χ0) is 23.9. The molecule has 1 amide bonds. The number of amides is 1. The van der Waals surface area contributed by atoms with Crippen LogP contribution in [0, 0.1) is 5.82 Å². The van der Waals surface area contributed by atoms with Crippen molar-refractivity contribution < 1.29 is 13.9 Å². The van der Waals surface area contributed by atoms with Gasteiger partial charge in [0.15, 0.2) is 11.6 Å². The predicted molar refractivity (Wildman–Crippen MR) is 129 cm³/mol. The Hall–Kier alpha value is -3.21. The molecule has 2 fully saturated rings. The molecule has 1 aromatic carbocycles. The lowest BCUT2D eigenvalue weighted by atomic mass is 10.0. The molecule has 0 radical (unpaired) electrons. The van der Waals surface area contributed by atoms with Crippen LogP contribution >= 0.6 is 0 Å². The molecule has 184 valence electrons. The Balaban J connectivity index is 1.59. The van der Waals surface area contributed by atoms with Crippen molar-refractivity contribution in [1.82, 2.24) is 25.6 Å². The summed E-state index contributed by atoms with van der Waals surface area (Å²) in [7, 11) is 1.42. The molecule has 5 N–H and O–H groups in total. The second-order valence-corrected chi connectivity index (χ2v) is 8.63. The molecule has 2 saturated heterocycles. The van der Waals surface area contributed by atoms with Crippen LogP contribution in [0.1, 0.15) is 45.4 Å². The molecule has 0 spiro atoms. The van der Waals surface area contributed by atoms with E-state index in [1.165, 1.54) is 19.2 Å². The minimum absolute atomic E-state index is 0.0688. The number of methoxy groups -OCH3 is 1. The van der Waals surface area contributed by atoms with Gasteiger partial charge in [-0.15, -0.1) is 0 Å². The molecular formula is C23H33FN8O2. The molecule has 2 aromatic rings. The molecule has 2 aliphatic rings. The van der Waals surface area contributed by atoms with Gasteiger partial charge in [0.05, 0.1) is 7.11 Å². The van der Waals surface area contributed by atoms with Gasteiger partial charge in [-0.2, -0.15) is 15.0 Å². The van der Waals surface area contributed by atoms with Crippen LogP contribution in [0.5, 0.6) is 5.75 Å². The zero-order valence-corrected chi connectivity index (χ0v) is 19.7. The Morgan fingerprint density at radius 1 is 1.12 bits per heavy atom. The van der Waals surface area contributed by atoms with Crippen LogP contribution in [0.15, 0.2) is 18.2 Å². The van der Waals surface area contributed by atoms with Crippen LogP contribution in [0.2, 0.25) is 0 Å². The van der Waals surface area contributed by atoms with Gasteiger partial charge in [0.2, 0.25) is 23.8 Å². The summed E-state index contributed by atoms with van der Waals surface area (Å²) in [6.07, 6.45) is 5.67. The highest BCUT2D eigenvalue weighted by atomic mass is 19.1. The van der Waals surface area contributed by atoms with Gasteiger partial charge in [0.1, 0.15) is 6.04 Å². The number of carbonyl (C=O) groups excluding carboxylic acids is 1. The van der Waals surface area contributed by atoms with Gasteiger partial charge in [-0.3, -0.25) is 4.79 Å². The topological polar surface area (TPSA) is 125 Å². The molecule has 2 aliphatic heterocycles. The van der Waals surface area contributed by atoms with Crippen LogP contribution in [-0.4, -0.2) is 59.2 Å². The highest BCUT2D eigenvalue weighted by Crippen LogP contribution is 2.24. The third-order valence-electron chi connectivity index (χ3n) is 6.22. The Labute approximate surface area is 198 Å². The molecular weight excluding hydrogens is 439 g/mol. The van der Waals surface area contributed by atoms with Crippen molar-refractivity contribution in [3.63, 3.8) is 0 Å². The summed E-state index contributed by atoms with van der Waals surface area (Å²) >= 11 is 0. The van der Waals surface area contributed by atoms with Gasteiger partial charge in [0.25, 0.3) is 0 Å². The maximum atomic E-state index is 14.2. The van der Waals surface area contributed by atoms with Crippen LogP contribution < -0.4 is 31.3 Å². The van der Waals surface area contributed by atoms with Crippen LogP contribution in [0.25, 0.3) is 0 Å². The lowest BCUT2D eigenvalue weighted by molar-refractivity contribution is -0.121. The number of carbonyl (C=O) groups is 1. The summed E-state index contributed by atoms with van der Waals surface area (Å²) in [6, 6.07) is 4.58. The number of ether oxygens (including phenoxy) is 1. The van der Waals surface area contributed by atoms with Crippen molar-refractivity contribution in [1.29, 1.82) is 0 Å². The Morgan fingerprint density at radius 2 is 1.94 bits per heavy atom. The van der Waals surface area contributed by atoms with E-state index in [0.717, 1.165) is 38.6 Å². The van der Waals surface area contributed by atoms with Crippen LogP contribution in [0.3, 0.4) is 0 Å². The van der Waals surface area contributed by atoms with Crippen molar-refractivity contribution in [2.75, 3.05) is 36.1 Å². The number of hydrogen-bond donors (Lipinski definition) is 5. The third kappa shape index (κ3) is 6.02. The second kappa shape index (κ2) is 11.3. The smallest absolute Gasteiger partial charge is 0.242 e. The summed E-state index contributed by atoms with van der Waals surface area (Å²) in [5.74, 6) is 0.509. The molecule has 0 saturated carbocycles. The minimum atomic E-state index is -0.494. The largest absolute Gasteiger partial charge is 0.494 e. The molecule has 4 rings (SSSR count). The van der Waals surface area contributed by atoms with Crippen LogP contribution in [0.4, 0.5) is 27.9 Å². The lowest BCUT2D eigenvalue weighted by Gasteiger charge is -2.24. The maximum absolute atomic E-state index is 14.2. The van der Waals surface area contributed by atoms with Crippen molar-refractivity contribution >= 4 is 29.4 Å². The standard InChI is InChI=1S/C23H33FN8O2/c1-3-16(17-8-6-12-25-17)28-22-30-21(27-14-9-10-19(34-2)15(24)13-14)31-23(32-22)29-18-7-4-5-11-26-20(18)33/h9-10,13,16-18,25H,3-8,11-12H2,1-2H3,(H,26,33)(H3,27,28,29,30,31,32). The summed E-state index contributed by atoms with van der Waals surface area (Å²) in [5.41, 5.74) is 0.470. The highest BCUT2D eigenvalue weighted by Gasteiger charge is 2.25. The average molecular weight is 473 g/mol. The van der Waals surface area contributed by atoms with Crippen molar-refractivity contribution in [3.05, 3.63) is 24.0 Å². The number of nitrogens with zero attached hydrogens (tertiary/aromatic N) is 3. The fourth-order valence-corrected chi connectivity index (χ4v) is 4.38. The second-order valence-electron chi connectivity index (χ2n) is 8.63. The Bertz CT molecular complexity index is 985. The Morgan fingerprint density at radius 3 is 2.68 bits per heavy atom. The molecule has 1 aromatic heterocycles. The molecule has 34 heavy (non-hydrogen) atoms. The molecule has 3 unspecified atom stereocenters. The van der Waals surface area contributed by atoms with Gasteiger partial charge in [-0.25, -0.2) is 4.39 Å². The molecule has 10 nitrogen and oxygen atoms in total. The van der Waals surface area contributed by atoms with Gasteiger partial charge >= 0.3 is 0 Å². The number of hydrogen-bond acceptors (Lipinski definition) is 9. The molecule has 3 heterocycles. The van der Waals surface area contributed by atoms with E-state index in [1.54, 1.807) is 6.07 Å². The summed E-state index contributed by atoms with van der Waals surface area (Å²) < 4.78 is 19.2. The average Bonchev–Trinajstić information content (AvgIpc) is 3.29. The quantitative estimate of drug-likeness (QED) is 0.375. The first-order valence-electron chi connectivity index (χ1n) is 12.0. The van der Waals surface area contributed by atoms with Crippen LogP contribution in [-0.2, 0) is 4.79 Å². The van der Waals surface area contributed by atoms with Gasteiger partial charge in [-0.05, 0) is 57.2 Å². The number of benzene rings is 1. The van der Waals surface area contributed by atoms with E-state index in [-0.39, 0.29) is 29.6 Å². The summed E-state index contributed by atoms with van der Waals surface area (Å²) in [5, 5.41) is 16.1. The summed E-state index contributed by atoms with van der Waals surface area (Å²) in [4.78, 5) is 26.0. The van der Waals surface area contributed by atoms with Crippen molar-refractivity contribution in [2.24, 2.45) is 0 Å². The molecule has 11 heteroatoms. The number of aromatic nitrogens is 3. The van der Waals surface area contributed by atoms with E-state index in [4.69, 9.17) is 4.74 Å². The first-order valence-corrected chi connectivity index (χ1v) is 12.0. The predicted octanol–water partition coefficient (Wildman–Crippen LogP) is 2.79. The zero-order valence-electron chi connectivity index (χ0n) is 19.7. The van der Waals surface area contributed by atoms with E-state index >= 15 is 0 Å². The monoisotopic (exact) mass is 472 g/mol. The first kappa shape index (κ1) is 23.9. The molecule has 3 atom stereocenters. The maximum Gasteiger partial charge on any atom is 0.242 e. The van der Waals surface area contributed by atoms with E-state index in [9.17, 15) is 9.18 Å². The van der Waals surface area contributed by atoms with Crippen molar-refractivity contribution in [3.8, 4) is 5.75 Å². The Kier molecular flexibility index (Phi) is 7.94. The molecule has 0 aliphatic carbocycles. The van der Waals surface area contributed by atoms with E-state index in [0.29, 0.717) is 30.6 Å². The van der Waals surface area contributed by atoms with E-state index in [1.807, 2.05) is 0 Å².